The standard InChI is InChI=1S/C27H30N2O2/c1-4-5-18-27(19-12-11-15-22-13-7-6-8-14-22)28-24-17-10-9-16-23(24)20-25(28)26(30)29(27)31-21(2)3/h6-10,13-14,16-17,20-21H,4-5,11,15,18H2,1-3H3. The molecule has 2 aromatic carbocycles. The van der Waals surface area contributed by atoms with Crippen LogP contribution in [0.2, 0.25) is 0 Å². The van der Waals surface area contributed by atoms with Crippen LogP contribution in [-0.2, 0) is 16.9 Å². The van der Waals surface area contributed by atoms with Crippen LogP contribution >= 0.6 is 0 Å². The molecular formula is C27H30N2O2. The van der Waals surface area contributed by atoms with Crippen molar-refractivity contribution in [2.24, 2.45) is 0 Å². The lowest BCUT2D eigenvalue weighted by molar-refractivity contribution is -0.207. The van der Waals surface area contributed by atoms with Crippen LogP contribution in [0.4, 0.5) is 0 Å². The molecule has 0 saturated heterocycles. The molecule has 0 N–H and O–H groups in total. The largest absolute Gasteiger partial charge is 0.300 e. The number of para-hydroxylation sites is 1. The Kier molecular flexibility index (Phi) is 6.15. The van der Waals surface area contributed by atoms with E-state index in [4.69, 9.17) is 4.84 Å². The summed E-state index contributed by atoms with van der Waals surface area (Å²) >= 11 is 0. The molecule has 0 aliphatic carbocycles. The zero-order chi connectivity index (χ0) is 21.8. The first-order valence-corrected chi connectivity index (χ1v) is 11.2. The van der Waals surface area contributed by atoms with Gasteiger partial charge in [0.05, 0.1) is 11.6 Å². The van der Waals surface area contributed by atoms with Crippen molar-refractivity contribution < 1.29 is 9.63 Å². The van der Waals surface area contributed by atoms with Crippen molar-refractivity contribution in [2.45, 2.75) is 64.6 Å². The van der Waals surface area contributed by atoms with Gasteiger partial charge in [-0.05, 0) is 50.3 Å². The van der Waals surface area contributed by atoms with Gasteiger partial charge in [0.1, 0.15) is 5.69 Å². The number of amides is 1. The fourth-order valence-electron chi connectivity index (χ4n) is 4.28. The predicted octanol–water partition coefficient (Wildman–Crippen LogP) is 5.92. The topological polar surface area (TPSA) is 34.5 Å². The zero-order valence-electron chi connectivity index (χ0n) is 18.6. The van der Waals surface area contributed by atoms with E-state index in [0.29, 0.717) is 5.69 Å². The summed E-state index contributed by atoms with van der Waals surface area (Å²) in [6, 6.07) is 20.5. The molecule has 4 rings (SSSR count). The Morgan fingerprint density at radius 1 is 1.06 bits per heavy atom. The summed E-state index contributed by atoms with van der Waals surface area (Å²) in [5.74, 6) is 6.80. The maximum atomic E-state index is 13.4. The molecule has 1 aliphatic rings. The molecule has 4 nitrogen and oxygen atoms in total. The van der Waals surface area contributed by atoms with Gasteiger partial charge in [0, 0.05) is 18.2 Å². The SMILES string of the molecule is CCCCC1(C#CCCc2ccccc2)N(OC(C)C)C(=O)c2cc3ccccc3n21. The van der Waals surface area contributed by atoms with Gasteiger partial charge in [-0.25, -0.2) is 0 Å². The van der Waals surface area contributed by atoms with E-state index in [9.17, 15) is 4.79 Å². The second-order valence-electron chi connectivity index (χ2n) is 8.39. The number of carbonyl (C=O) groups excluding carboxylic acids is 1. The monoisotopic (exact) mass is 414 g/mol. The van der Waals surface area contributed by atoms with Gasteiger partial charge in [0.25, 0.3) is 5.91 Å². The molecule has 0 saturated carbocycles. The van der Waals surface area contributed by atoms with Gasteiger partial charge in [-0.3, -0.25) is 14.2 Å². The van der Waals surface area contributed by atoms with Crippen molar-refractivity contribution in [1.29, 1.82) is 0 Å². The maximum Gasteiger partial charge on any atom is 0.297 e. The summed E-state index contributed by atoms with van der Waals surface area (Å²) in [5, 5.41) is 2.60. The smallest absolute Gasteiger partial charge is 0.297 e. The molecule has 0 radical (unpaired) electrons. The number of carbonyl (C=O) groups is 1. The van der Waals surface area contributed by atoms with Crippen LogP contribution in [0.1, 0.15) is 62.5 Å². The van der Waals surface area contributed by atoms with Crippen LogP contribution < -0.4 is 0 Å². The average molecular weight is 415 g/mol. The van der Waals surface area contributed by atoms with Gasteiger partial charge in [0.15, 0.2) is 0 Å². The van der Waals surface area contributed by atoms with E-state index >= 15 is 0 Å². The predicted molar refractivity (Wildman–Crippen MR) is 124 cm³/mol. The van der Waals surface area contributed by atoms with Crippen molar-refractivity contribution in [3.8, 4) is 11.8 Å². The van der Waals surface area contributed by atoms with Crippen LogP contribution in [0.5, 0.6) is 0 Å². The lowest BCUT2D eigenvalue weighted by Gasteiger charge is -2.36. The number of benzene rings is 2. The van der Waals surface area contributed by atoms with Gasteiger partial charge >= 0.3 is 0 Å². The van der Waals surface area contributed by atoms with Crippen LogP contribution in [0.15, 0.2) is 60.7 Å². The summed E-state index contributed by atoms with van der Waals surface area (Å²) < 4.78 is 2.11. The molecule has 160 valence electrons. The number of unbranched alkanes of at least 4 members (excludes halogenated alkanes) is 1. The summed E-state index contributed by atoms with van der Waals surface area (Å²) in [7, 11) is 0. The molecule has 1 amide bonds. The van der Waals surface area contributed by atoms with Crippen LogP contribution in [-0.4, -0.2) is 21.6 Å². The summed E-state index contributed by atoms with van der Waals surface area (Å²) in [4.78, 5) is 19.5. The molecule has 4 heteroatoms. The minimum atomic E-state index is -0.827. The summed E-state index contributed by atoms with van der Waals surface area (Å²) in [5.41, 5.74) is 2.11. The third-order valence-corrected chi connectivity index (χ3v) is 5.69. The van der Waals surface area contributed by atoms with Crippen LogP contribution in [0.3, 0.4) is 0 Å². The fraction of sp³-hybridized carbons (Fsp3) is 0.370. The average Bonchev–Trinajstić information content (AvgIpc) is 3.26. The van der Waals surface area contributed by atoms with Crippen LogP contribution in [0, 0.1) is 11.8 Å². The van der Waals surface area contributed by atoms with E-state index < -0.39 is 5.66 Å². The highest BCUT2D eigenvalue weighted by Crippen LogP contribution is 2.41. The Morgan fingerprint density at radius 3 is 2.55 bits per heavy atom. The number of fused-ring (bicyclic) bond motifs is 3. The van der Waals surface area contributed by atoms with Crippen molar-refractivity contribution in [3.05, 3.63) is 71.9 Å². The molecule has 1 unspecified atom stereocenters. The Hall–Kier alpha value is -3.03. The third kappa shape index (κ3) is 3.98. The second kappa shape index (κ2) is 8.99. The fourth-order valence-corrected chi connectivity index (χ4v) is 4.28. The highest BCUT2D eigenvalue weighted by atomic mass is 16.7. The lowest BCUT2D eigenvalue weighted by atomic mass is 10.0. The number of aryl methyl sites for hydroxylation is 1. The first-order chi connectivity index (χ1) is 15.1. The number of hydrogen-bond acceptors (Lipinski definition) is 2. The van der Waals surface area contributed by atoms with E-state index in [1.165, 1.54) is 5.56 Å². The van der Waals surface area contributed by atoms with E-state index in [2.05, 4.69) is 59.7 Å². The lowest BCUT2D eigenvalue weighted by Crippen LogP contribution is -2.47. The van der Waals surface area contributed by atoms with Gasteiger partial charge in [-0.1, -0.05) is 67.8 Å². The summed E-state index contributed by atoms with van der Waals surface area (Å²) in [6.45, 7) is 6.06. The summed E-state index contributed by atoms with van der Waals surface area (Å²) in [6.07, 6.45) is 4.20. The second-order valence-corrected chi connectivity index (χ2v) is 8.39. The molecule has 1 atom stereocenters. The highest BCUT2D eigenvalue weighted by Gasteiger charge is 2.51. The third-order valence-electron chi connectivity index (χ3n) is 5.69. The zero-order valence-corrected chi connectivity index (χ0v) is 18.6. The maximum absolute atomic E-state index is 13.4. The van der Waals surface area contributed by atoms with E-state index in [1.807, 2.05) is 38.1 Å². The molecule has 2 heterocycles. The van der Waals surface area contributed by atoms with Gasteiger partial charge < -0.3 is 0 Å². The van der Waals surface area contributed by atoms with Crippen molar-refractivity contribution >= 4 is 16.8 Å². The first kappa shape index (κ1) is 21.2. The number of nitrogens with zero attached hydrogens (tertiary/aromatic N) is 2. The quantitative estimate of drug-likeness (QED) is 0.450. The minimum Gasteiger partial charge on any atom is -0.300 e. The van der Waals surface area contributed by atoms with E-state index in [1.54, 1.807) is 5.06 Å². The van der Waals surface area contributed by atoms with Gasteiger partial charge in [-0.15, -0.1) is 0 Å². The van der Waals surface area contributed by atoms with Crippen molar-refractivity contribution in [1.82, 2.24) is 9.63 Å². The number of hydroxylamine groups is 2. The molecular weight excluding hydrogens is 384 g/mol. The normalized spacial score (nSPS) is 17.8. The molecule has 31 heavy (non-hydrogen) atoms. The number of hydrogen-bond donors (Lipinski definition) is 0. The van der Waals surface area contributed by atoms with Gasteiger partial charge in [-0.2, -0.15) is 5.06 Å². The molecule has 0 fully saturated rings. The highest BCUT2D eigenvalue weighted by molar-refractivity contribution is 6.01. The number of aromatic nitrogens is 1. The molecule has 1 aliphatic heterocycles. The molecule has 0 spiro atoms. The van der Waals surface area contributed by atoms with E-state index in [0.717, 1.165) is 43.0 Å². The van der Waals surface area contributed by atoms with Crippen LogP contribution in [0.25, 0.3) is 10.9 Å². The minimum absolute atomic E-state index is 0.113. The molecule has 0 bridgehead atoms. The Balaban J connectivity index is 1.79. The first-order valence-electron chi connectivity index (χ1n) is 11.2. The number of rotatable bonds is 7. The van der Waals surface area contributed by atoms with E-state index in [-0.39, 0.29) is 12.0 Å². The molecule has 3 aromatic rings. The van der Waals surface area contributed by atoms with Gasteiger partial charge in [0.2, 0.25) is 5.66 Å². The van der Waals surface area contributed by atoms with Crippen molar-refractivity contribution in [3.63, 3.8) is 0 Å². The molecule has 1 aromatic heterocycles. The Labute approximate surface area is 184 Å². The Morgan fingerprint density at radius 2 is 1.81 bits per heavy atom. The van der Waals surface area contributed by atoms with Crippen molar-refractivity contribution in [2.75, 3.05) is 0 Å². The Bertz CT molecular complexity index is 1120.